The van der Waals surface area contributed by atoms with E-state index >= 15 is 4.39 Å². The van der Waals surface area contributed by atoms with E-state index in [2.05, 4.69) is 20.9 Å². The molecule has 0 unspecified atom stereocenters. The largest absolute Gasteiger partial charge is 0.463 e. The van der Waals surface area contributed by atoms with Crippen LogP contribution in [0, 0.1) is 24.1 Å². The van der Waals surface area contributed by atoms with Crippen LogP contribution in [-0.4, -0.2) is 50.4 Å². The van der Waals surface area contributed by atoms with Crippen LogP contribution in [0.4, 0.5) is 8.78 Å². The van der Waals surface area contributed by atoms with Gasteiger partial charge in [0.05, 0.1) is 17.9 Å². The minimum absolute atomic E-state index is 0.00480. The standard InChI is InChI=1S/C27H27F2N5O2S/c1-3-11-36-23-16-31-21(15-32-23)20(29)13-17-7-8-19(28)18(12-17)26(2)22-14-27(22,37-25(30)33-26)24(35)34-9-5-4-6-10-34/h1,7-8,12-13,15-16,22H,4-6,9-11,14H2,2H3,(H2,30,33)/b20-13-/t22-,26+,27-/m0/s1. The first-order chi connectivity index (χ1) is 17.8. The highest BCUT2D eigenvalue weighted by Crippen LogP contribution is 2.66. The molecule has 2 N–H and O–H groups in total. The molecule has 0 radical (unpaired) electrons. The number of amides is 1. The van der Waals surface area contributed by atoms with E-state index in [9.17, 15) is 9.18 Å². The number of amidine groups is 1. The van der Waals surface area contributed by atoms with Gasteiger partial charge in [0, 0.05) is 24.6 Å². The van der Waals surface area contributed by atoms with Gasteiger partial charge in [0.2, 0.25) is 11.8 Å². The molecule has 5 rings (SSSR count). The lowest BCUT2D eigenvalue weighted by Gasteiger charge is -2.37. The van der Waals surface area contributed by atoms with Crippen LogP contribution in [0.5, 0.6) is 5.88 Å². The summed E-state index contributed by atoms with van der Waals surface area (Å²) in [7, 11) is 0. The number of nitrogens with zero attached hydrogens (tertiary/aromatic N) is 4. The number of carbonyl (C=O) groups excluding carboxylic acids is 1. The molecule has 192 valence electrons. The molecule has 1 saturated carbocycles. The number of ether oxygens (including phenoxy) is 1. The van der Waals surface area contributed by atoms with Gasteiger partial charge in [-0.25, -0.2) is 18.7 Å². The molecule has 1 saturated heterocycles. The maximum Gasteiger partial charge on any atom is 0.239 e. The fraction of sp³-hybridized carbons (Fsp3) is 0.407. The maximum atomic E-state index is 15.2. The van der Waals surface area contributed by atoms with Crippen LogP contribution >= 0.6 is 11.8 Å². The molecule has 37 heavy (non-hydrogen) atoms. The van der Waals surface area contributed by atoms with Crippen LogP contribution in [0.1, 0.15) is 49.4 Å². The normalized spacial score (nSPS) is 27.1. The number of hydrogen-bond acceptors (Lipinski definition) is 7. The average Bonchev–Trinajstić information content (AvgIpc) is 3.65. The van der Waals surface area contributed by atoms with Crippen molar-refractivity contribution in [1.29, 1.82) is 0 Å². The summed E-state index contributed by atoms with van der Waals surface area (Å²) in [6.07, 6.45) is 12.6. The summed E-state index contributed by atoms with van der Waals surface area (Å²) in [6.45, 7) is 3.30. The van der Waals surface area contributed by atoms with Crippen molar-refractivity contribution in [3.8, 4) is 18.2 Å². The summed E-state index contributed by atoms with van der Waals surface area (Å²) in [6, 6.07) is 4.32. The Hall–Kier alpha value is -3.45. The Balaban J connectivity index is 1.43. The van der Waals surface area contributed by atoms with Crippen LogP contribution in [-0.2, 0) is 10.3 Å². The zero-order valence-electron chi connectivity index (χ0n) is 20.4. The molecule has 2 fully saturated rings. The van der Waals surface area contributed by atoms with Gasteiger partial charge in [-0.3, -0.25) is 9.79 Å². The lowest BCUT2D eigenvalue weighted by atomic mass is 9.84. The molecule has 1 aromatic heterocycles. The smallest absolute Gasteiger partial charge is 0.239 e. The third-order valence-corrected chi connectivity index (χ3v) is 8.52. The fourth-order valence-electron chi connectivity index (χ4n) is 5.29. The van der Waals surface area contributed by atoms with Gasteiger partial charge in [0.15, 0.2) is 17.6 Å². The van der Waals surface area contributed by atoms with E-state index in [1.165, 1.54) is 42.4 Å². The summed E-state index contributed by atoms with van der Waals surface area (Å²) in [5.41, 5.74) is 5.86. The van der Waals surface area contributed by atoms with Crippen LogP contribution in [0.25, 0.3) is 11.9 Å². The van der Waals surface area contributed by atoms with Crippen molar-refractivity contribution in [2.24, 2.45) is 16.6 Å². The van der Waals surface area contributed by atoms with Crippen LogP contribution in [0.15, 0.2) is 35.6 Å². The van der Waals surface area contributed by atoms with Gasteiger partial charge in [-0.05, 0) is 56.4 Å². The molecule has 2 aromatic rings. The number of terminal acetylenes is 1. The maximum absolute atomic E-state index is 15.2. The van der Waals surface area contributed by atoms with Gasteiger partial charge in [0.25, 0.3) is 0 Å². The number of rotatable bonds is 6. The monoisotopic (exact) mass is 523 g/mol. The van der Waals surface area contributed by atoms with E-state index in [1.54, 1.807) is 13.0 Å². The zero-order chi connectivity index (χ0) is 26.2. The first-order valence-electron chi connectivity index (χ1n) is 12.2. The predicted molar refractivity (Wildman–Crippen MR) is 140 cm³/mol. The molecule has 3 atom stereocenters. The molecule has 3 aliphatic rings. The fourth-order valence-corrected chi connectivity index (χ4v) is 6.74. The third kappa shape index (κ3) is 4.68. The van der Waals surface area contributed by atoms with E-state index in [1.807, 2.05) is 4.90 Å². The highest BCUT2D eigenvalue weighted by molar-refractivity contribution is 8.15. The number of fused-ring (bicyclic) bond motifs is 1. The number of carbonyl (C=O) groups is 1. The molecule has 0 spiro atoms. The van der Waals surface area contributed by atoms with Gasteiger partial charge >= 0.3 is 0 Å². The van der Waals surface area contributed by atoms with E-state index in [4.69, 9.17) is 16.9 Å². The van der Waals surface area contributed by atoms with Crippen molar-refractivity contribution < 1.29 is 18.3 Å². The van der Waals surface area contributed by atoms with Crippen molar-refractivity contribution in [1.82, 2.24) is 14.9 Å². The highest BCUT2D eigenvalue weighted by atomic mass is 32.2. The van der Waals surface area contributed by atoms with Crippen LogP contribution in [0.2, 0.25) is 0 Å². The van der Waals surface area contributed by atoms with Gasteiger partial charge in [-0.15, -0.1) is 6.42 Å². The molecular formula is C27H27F2N5O2S. The Bertz CT molecular complexity index is 1320. The predicted octanol–water partition coefficient (Wildman–Crippen LogP) is 4.14. The Morgan fingerprint density at radius 2 is 2.11 bits per heavy atom. The number of likely N-dealkylation sites (tertiary alicyclic amines) is 1. The Morgan fingerprint density at radius 1 is 1.32 bits per heavy atom. The van der Waals surface area contributed by atoms with E-state index in [0.717, 1.165) is 32.4 Å². The van der Waals surface area contributed by atoms with Crippen LogP contribution < -0.4 is 10.5 Å². The van der Waals surface area contributed by atoms with Gasteiger partial charge in [-0.1, -0.05) is 23.7 Å². The molecule has 7 nitrogen and oxygen atoms in total. The van der Waals surface area contributed by atoms with Gasteiger partial charge in [0.1, 0.15) is 16.3 Å². The molecule has 3 heterocycles. The Morgan fingerprint density at radius 3 is 2.81 bits per heavy atom. The number of nitrogens with two attached hydrogens (primary N) is 1. The van der Waals surface area contributed by atoms with E-state index in [-0.39, 0.29) is 40.7 Å². The number of aromatic nitrogens is 2. The van der Waals surface area contributed by atoms with E-state index < -0.39 is 21.9 Å². The summed E-state index contributed by atoms with van der Waals surface area (Å²) in [5.74, 6) is 1.21. The summed E-state index contributed by atoms with van der Waals surface area (Å²) < 4.78 is 34.6. The Kier molecular flexibility index (Phi) is 6.67. The number of thioether (sulfide) groups is 1. The second-order valence-corrected chi connectivity index (χ2v) is 11.0. The first-order valence-corrected chi connectivity index (χ1v) is 13.0. The van der Waals surface area contributed by atoms with Gasteiger partial charge in [-0.2, -0.15) is 0 Å². The number of aliphatic imine (C=N–C) groups is 1. The molecular weight excluding hydrogens is 496 g/mol. The van der Waals surface area contributed by atoms with Crippen molar-refractivity contribution in [2.75, 3.05) is 19.7 Å². The molecule has 0 bridgehead atoms. The molecule has 1 amide bonds. The molecule has 1 aliphatic carbocycles. The third-order valence-electron chi connectivity index (χ3n) is 7.23. The van der Waals surface area contributed by atoms with Crippen LogP contribution in [0.3, 0.4) is 0 Å². The number of piperidine rings is 1. The first kappa shape index (κ1) is 25.2. The molecule has 1 aromatic carbocycles. The quantitative estimate of drug-likeness (QED) is 0.572. The summed E-state index contributed by atoms with van der Waals surface area (Å²) >= 11 is 1.29. The SMILES string of the molecule is C#CCOc1cnc(/C(F)=C/c2ccc(F)c([C@@]3(C)N=C(N)S[C@@]4(C(=O)N5CCCCC5)C[C@H]43)c2)cn1. The van der Waals surface area contributed by atoms with Gasteiger partial charge < -0.3 is 15.4 Å². The number of hydrogen-bond donors (Lipinski definition) is 1. The number of halogens is 2. The topological polar surface area (TPSA) is 93.7 Å². The summed E-state index contributed by atoms with van der Waals surface area (Å²) in [5, 5.41) is 0.260. The van der Waals surface area contributed by atoms with Crippen molar-refractivity contribution in [3.05, 3.63) is 53.2 Å². The van der Waals surface area contributed by atoms with Crippen molar-refractivity contribution >= 4 is 34.7 Å². The number of benzene rings is 1. The molecule has 10 heteroatoms. The minimum Gasteiger partial charge on any atom is -0.463 e. The lowest BCUT2D eigenvalue weighted by molar-refractivity contribution is -0.132. The molecule has 2 aliphatic heterocycles. The second kappa shape index (κ2) is 9.78. The Labute approximate surface area is 218 Å². The van der Waals surface area contributed by atoms with Crippen molar-refractivity contribution in [2.45, 2.75) is 42.9 Å². The highest BCUT2D eigenvalue weighted by Gasteiger charge is 2.71. The average molecular weight is 524 g/mol. The second-order valence-electron chi connectivity index (χ2n) is 9.66. The lowest BCUT2D eigenvalue weighted by Crippen LogP contribution is -2.47. The zero-order valence-corrected chi connectivity index (χ0v) is 21.2. The summed E-state index contributed by atoms with van der Waals surface area (Å²) in [4.78, 5) is 28.1. The minimum atomic E-state index is -1.05. The van der Waals surface area contributed by atoms with E-state index in [0.29, 0.717) is 12.0 Å². The van der Waals surface area contributed by atoms with Crippen molar-refractivity contribution in [3.63, 3.8) is 0 Å².